The summed E-state index contributed by atoms with van der Waals surface area (Å²) in [5.74, 6) is -1.32. The van der Waals surface area contributed by atoms with Crippen LogP contribution < -0.4 is 0 Å². The average molecular weight is 381 g/mol. The first kappa shape index (κ1) is 18.2. The van der Waals surface area contributed by atoms with Crippen LogP contribution in [-0.2, 0) is 17.5 Å². The largest absolute Gasteiger partial charge is 0.416 e. The maximum Gasteiger partial charge on any atom is 0.416 e. The van der Waals surface area contributed by atoms with Crippen molar-refractivity contribution in [3.05, 3.63) is 75.9 Å². The molecule has 0 aliphatic carbocycles. The van der Waals surface area contributed by atoms with E-state index in [0.717, 1.165) is 17.0 Å². The molecule has 2 aromatic rings. The second-order valence-corrected chi connectivity index (χ2v) is 6.44. The minimum Gasteiger partial charge on any atom is -0.268 e. The van der Waals surface area contributed by atoms with E-state index in [1.807, 2.05) is 0 Å². The zero-order valence-corrected chi connectivity index (χ0v) is 13.9. The van der Waals surface area contributed by atoms with Gasteiger partial charge >= 0.3 is 6.18 Å². The summed E-state index contributed by atoms with van der Waals surface area (Å²) in [5.41, 5.74) is -0.968. The summed E-state index contributed by atoms with van der Waals surface area (Å²) in [7, 11) is 0. The Morgan fingerprint density at radius 3 is 2.35 bits per heavy atom. The topological polar surface area (TPSA) is 37.4 Å². The molecule has 3 rings (SSSR count). The zero-order valence-electron chi connectivity index (χ0n) is 13.1. The number of hydrogen-bond donors (Lipinski definition) is 0. The summed E-state index contributed by atoms with van der Waals surface area (Å²) in [5, 5.41) is -0.658. The van der Waals surface area contributed by atoms with E-state index in [4.69, 9.17) is 0 Å². The van der Waals surface area contributed by atoms with Crippen molar-refractivity contribution >= 4 is 29.0 Å². The molecular weight excluding hydrogens is 370 g/mol. The summed E-state index contributed by atoms with van der Waals surface area (Å²) in [6, 6.07) is 10.4. The second kappa shape index (κ2) is 6.95. The first-order chi connectivity index (χ1) is 12.3. The number of thioether (sulfide) groups is 1. The van der Waals surface area contributed by atoms with Gasteiger partial charge in [0.1, 0.15) is 5.82 Å². The van der Waals surface area contributed by atoms with E-state index in [1.165, 1.54) is 36.4 Å². The molecule has 0 N–H and O–H groups in total. The lowest BCUT2D eigenvalue weighted by molar-refractivity contribution is -0.137. The fourth-order valence-corrected chi connectivity index (χ4v) is 3.28. The molecule has 1 fully saturated rings. The maximum atomic E-state index is 13.7. The average Bonchev–Trinajstić information content (AvgIpc) is 2.84. The van der Waals surface area contributed by atoms with Crippen molar-refractivity contribution in [1.82, 2.24) is 4.90 Å². The molecule has 134 valence electrons. The van der Waals surface area contributed by atoms with Gasteiger partial charge in [0.25, 0.3) is 11.1 Å². The molecule has 2 amide bonds. The van der Waals surface area contributed by atoms with Crippen molar-refractivity contribution in [2.24, 2.45) is 0 Å². The Bertz CT molecular complexity index is 908. The number of alkyl halides is 3. The molecule has 0 radical (unpaired) electrons. The number of nitrogens with zero attached hydrogens (tertiary/aromatic N) is 1. The number of amides is 2. The highest BCUT2D eigenvalue weighted by molar-refractivity contribution is 8.18. The van der Waals surface area contributed by atoms with Crippen LogP contribution in [0, 0.1) is 5.82 Å². The van der Waals surface area contributed by atoms with Gasteiger partial charge in [-0.2, -0.15) is 13.2 Å². The zero-order chi connectivity index (χ0) is 18.9. The highest BCUT2D eigenvalue weighted by Gasteiger charge is 2.37. The number of imide groups is 1. The molecule has 0 aromatic heterocycles. The molecule has 8 heteroatoms. The molecule has 0 atom stereocenters. The summed E-state index contributed by atoms with van der Waals surface area (Å²) < 4.78 is 52.9. The van der Waals surface area contributed by atoms with Crippen molar-refractivity contribution in [1.29, 1.82) is 0 Å². The van der Waals surface area contributed by atoms with Crippen LogP contribution in [0.3, 0.4) is 0 Å². The quantitative estimate of drug-likeness (QED) is 0.550. The molecule has 1 aliphatic heterocycles. The smallest absolute Gasteiger partial charge is 0.268 e. The van der Waals surface area contributed by atoms with Crippen LogP contribution in [0.25, 0.3) is 6.08 Å². The highest BCUT2D eigenvalue weighted by Crippen LogP contribution is 2.37. The molecule has 0 bridgehead atoms. The van der Waals surface area contributed by atoms with Gasteiger partial charge in [0, 0.05) is 5.56 Å². The molecule has 0 saturated carbocycles. The van der Waals surface area contributed by atoms with Gasteiger partial charge in [-0.1, -0.05) is 36.4 Å². The lowest BCUT2D eigenvalue weighted by atomic mass is 10.1. The van der Waals surface area contributed by atoms with Gasteiger partial charge in [-0.3, -0.25) is 14.5 Å². The first-order valence-corrected chi connectivity index (χ1v) is 8.24. The van der Waals surface area contributed by atoms with Crippen molar-refractivity contribution in [3.8, 4) is 0 Å². The first-order valence-electron chi connectivity index (χ1n) is 7.42. The van der Waals surface area contributed by atoms with Crippen LogP contribution in [0.1, 0.15) is 16.7 Å². The molecule has 1 saturated heterocycles. The van der Waals surface area contributed by atoms with E-state index in [1.54, 1.807) is 6.07 Å². The van der Waals surface area contributed by atoms with E-state index < -0.39 is 28.7 Å². The standard InChI is InChI=1S/C18H11F4NO2S/c19-14-8-4-2-6-12(14)10-23-16(24)15(26-17(23)25)9-11-5-1-3-7-13(11)18(20,21)22/h1-9H,10H2/b15-9-. The van der Waals surface area contributed by atoms with E-state index >= 15 is 0 Å². The van der Waals surface area contributed by atoms with Crippen LogP contribution in [-0.4, -0.2) is 16.0 Å². The monoisotopic (exact) mass is 381 g/mol. The third-order valence-electron chi connectivity index (χ3n) is 3.71. The van der Waals surface area contributed by atoms with Gasteiger partial charge in [-0.05, 0) is 35.5 Å². The molecule has 0 spiro atoms. The number of hydrogen-bond acceptors (Lipinski definition) is 3. The fraction of sp³-hybridized carbons (Fsp3) is 0.111. The Balaban J connectivity index is 1.90. The number of carbonyl (C=O) groups excluding carboxylic acids is 2. The SMILES string of the molecule is O=C1S/C(=C\c2ccccc2C(F)(F)F)C(=O)N1Cc1ccccc1F. The molecule has 1 aliphatic rings. The summed E-state index contributed by atoms with van der Waals surface area (Å²) in [6.07, 6.45) is -3.55. The Morgan fingerprint density at radius 2 is 1.65 bits per heavy atom. The van der Waals surface area contributed by atoms with Gasteiger partial charge in [0.15, 0.2) is 0 Å². The van der Waals surface area contributed by atoms with E-state index in [2.05, 4.69) is 0 Å². The summed E-state index contributed by atoms with van der Waals surface area (Å²) in [4.78, 5) is 25.1. The van der Waals surface area contributed by atoms with Gasteiger partial charge < -0.3 is 0 Å². The molecule has 0 unspecified atom stereocenters. The summed E-state index contributed by atoms with van der Waals surface area (Å²) >= 11 is 0.530. The molecule has 2 aromatic carbocycles. The number of halogens is 4. The van der Waals surface area contributed by atoms with Crippen molar-refractivity contribution in [2.45, 2.75) is 12.7 Å². The van der Waals surface area contributed by atoms with Crippen LogP contribution in [0.4, 0.5) is 22.4 Å². The van der Waals surface area contributed by atoms with Crippen LogP contribution >= 0.6 is 11.8 Å². The third-order valence-corrected chi connectivity index (χ3v) is 4.62. The highest BCUT2D eigenvalue weighted by atomic mass is 32.2. The van der Waals surface area contributed by atoms with Crippen LogP contribution in [0.2, 0.25) is 0 Å². The molecule has 1 heterocycles. The normalized spacial score (nSPS) is 16.6. The van der Waals surface area contributed by atoms with Crippen molar-refractivity contribution < 1.29 is 27.2 Å². The number of benzene rings is 2. The Hall–Kier alpha value is -2.61. The fourth-order valence-electron chi connectivity index (χ4n) is 2.46. The van der Waals surface area contributed by atoms with Gasteiger partial charge in [0.05, 0.1) is 17.0 Å². The Kier molecular flexibility index (Phi) is 4.86. The van der Waals surface area contributed by atoms with Gasteiger partial charge in [-0.25, -0.2) is 4.39 Å². The van der Waals surface area contributed by atoms with Crippen LogP contribution in [0.15, 0.2) is 53.4 Å². The minimum absolute atomic E-state index is 0.136. The van der Waals surface area contributed by atoms with E-state index in [9.17, 15) is 27.2 Å². The molecule has 26 heavy (non-hydrogen) atoms. The summed E-state index contributed by atoms with van der Waals surface area (Å²) in [6.45, 7) is -0.282. The lowest BCUT2D eigenvalue weighted by Crippen LogP contribution is -2.27. The molecular formula is C18H11F4NO2S. The predicted molar refractivity (Wildman–Crippen MR) is 89.4 cm³/mol. The van der Waals surface area contributed by atoms with Crippen LogP contribution in [0.5, 0.6) is 0 Å². The Morgan fingerprint density at radius 1 is 1.00 bits per heavy atom. The van der Waals surface area contributed by atoms with E-state index in [-0.39, 0.29) is 22.6 Å². The Labute approximate surface area is 150 Å². The van der Waals surface area contributed by atoms with Gasteiger partial charge in [-0.15, -0.1) is 0 Å². The number of rotatable bonds is 3. The maximum absolute atomic E-state index is 13.7. The minimum atomic E-state index is -4.59. The van der Waals surface area contributed by atoms with Crippen molar-refractivity contribution in [3.63, 3.8) is 0 Å². The third kappa shape index (κ3) is 3.65. The lowest BCUT2D eigenvalue weighted by Gasteiger charge is -2.13. The second-order valence-electron chi connectivity index (χ2n) is 5.44. The predicted octanol–water partition coefficient (Wildman–Crippen LogP) is 5.08. The van der Waals surface area contributed by atoms with Gasteiger partial charge in [0.2, 0.25) is 0 Å². The van der Waals surface area contributed by atoms with E-state index in [0.29, 0.717) is 11.8 Å². The van der Waals surface area contributed by atoms with Crippen molar-refractivity contribution in [2.75, 3.05) is 0 Å². The molecule has 3 nitrogen and oxygen atoms in total. The number of carbonyl (C=O) groups is 2.